The zero-order valence-corrected chi connectivity index (χ0v) is 17.7. The van der Waals surface area contributed by atoms with E-state index in [9.17, 15) is 19.2 Å². The maximum atomic E-state index is 14.9. The molecule has 1 aliphatic carbocycles. The summed E-state index contributed by atoms with van der Waals surface area (Å²) in [7, 11) is 0. The molecule has 6 nitrogen and oxygen atoms in total. The lowest BCUT2D eigenvalue weighted by molar-refractivity contribution is -0.123. The number of carbonyl (C=O) groups excluding carboxylic acids is 2. The van der Waals surface area contributed by atoms with Crippen LogP contribution in [0.15, 0.2) is 71.2 Å². The van der Waals surface area contributed by atoms with E-state index in [0.717, 1.165) is 0 Å². The summed E-state index contributed by atoms with van der Waals surface area (Å²) >= 11 is 0. The molecule has 5 rings (SSSR count). The highest BCUT2D eigenvalue weighted by molar-refractivity contribution is 6.20. The summed E-state index contributed by atoms with van der Waals surface area (Å²) in [6.45, 7) is 3.90. The molecule has 0 bridgehead atoms. The average Bonchev–Trinajstić information content (AvgIpc) is 3.01. The Hall–Kier alpha value is -3.92. The summed E-state index contributed by atoms with van der Waals surface area (Å²) < 4.78 is 14.9. The topological polar surface area (TPSA) is 99.2 Å². The minimum atomic E-state index is -1.65. The second kappa shape index (κ2) is 6.54. The Morgan fingerprint density at radius 1 is 1.09 bits per heavy atom. The van der Waals surface area contributed by atoms with Gasteiger partial charge >= 0.3 is 0 Å². The van der Waals surface area contributed by atoms with Gasteiger partial charge in [0.1, 0.15) is 23.1 Å². The molecule has 2 aromatic carbocycles. The van der Waals surface area contributed by atoms with Gasteiger partial charge in [0.2, 0.25) is 5.91 Å². The predicted octanol–water partition coefficient (Wildman–Crippen LogP) is 3.87. The number of rotatable bonds is 1. The zero-order valence-electron chi connectivity index (χ0n) is 17.7. The molecule has 2 heterocycles. The molecule has 7 heteroatoms. The van der Waals surface area contributed by atoms with Crippen LogP contribution in [0.2, 0.25) is 0 Å². The minimum absolute atomic E-state index is 0.0475. The maximum absolute atomic E-state index is 14.9. The highest BCUT2D eigenvalue weighted by Crippen LogP contribution is 2.57. The molecular weight excluding hydrogens is 407 g/mol. The number of hydrogen-bond donors (Lipinski definition) is 2. The molecule has 1 amide bonds. The maximum Gasteiger partial charge on any atom is 0.245 e. The fourth-order valence-electron chi connectivity index (χ4n) is 5.28. The molecule has 3 N–H and O–H groups in total. The van der Waals surface area contributed by atoms with Gasteiger partial charge in [0, 0.05) is 28.9 Å². The van der Waals surface area contributed by atoms with Crippen LogP contribution < -0.4 is 16.0 Å². The molecular formula is C25H21FN4O2. The first-order chi connectivity index (χ1) is 15.2. The summed E-state index contributed by atoms with van der Waals surface area (Å²) in [5, 5.41) is 13.0. The molecule has 2 aliphatic heterocycles. The Bertz CT molecular complexity index is 1320. The third-order valence-electron chi connectivity index (χ3n) is 6.49. The Morgan fingerprint density at radius 2 is 1.78 bits per heavy atom. The molecule has 0 fully saturated rings. The number of hydrogen-bond acceptors (Lipinski definition) is 5. The Balaban J connectivity index is 1.92. The van der Waals surface area contributed by atoms with Gasteiger partial charge in [-0.3, -0.25) is 14.5 Å². The smallest absolute Gasteiger partial charge is 0.245 e. The molecule has 160 valence electrons. The molecule has 1 atom stereocenters. The van der Waals surface area contributed by atoms with Gasteiger partial charge in [-0.1, -0.05) is 44.2 Å². The van der Waals surface area contributed by atoms with Crippen LogP contribution in [0.25, 0.3) is 0 Å². The monoisotopic (exact) mass is 428 g/mol. The number of benzene rings is 2. The largest absolute Gasteiger partial charge is 0.384 e. The van der Waals surface area contributed by atoms with E-state index in [1.54, 1.807) is 42.5 Å². The number of nitrogens with two attached hydrogens (primary N) is 1. The molecule has 1 spiro atoms. The lowest BCUT2D eigenvalue weighted by Crippen LogP contribution is -2.52. The van der Waals surface area contributed by atoms with E-state index in [0.29, 0.717) is 23.4 Å². The first kappa shape index (κ1) is 20.0. The van der Waals surface area contributed by atoms with E-state index in [1.807, 2.05) is 13.8 Å². The number of carbonyl (C=O) groups is 2. The number of para-hydroxylation sites is 2. The van der Waals surface area contributed by atoms with Crippen molar-refractivity contribution in [2.45, 2.75) is 32.1 Å². The Kier molecular flexibility index (Phi) is 4.09. The third kappa shape index (κ3) is 2.43. The van der Waals surface area contributed by atoms with Crippen molar-refractivity contribution >= 4 is 23.1 Å². The SMILES string of the molecule is CC1(C)CC(=O)C2=C(C1)N(c1ccccc1F)C(N)=C(C#N)[C@@]21C(=O)Nc2ccccc21. The van der Waals surface area contributed by atoms with Crippen molar-refractivity contribution in [2.24, 2.45) is 11.1 Å². The van der Waals surface area contributed by atoms with Gasteiger partial charge in [0.15, 0.2) is 5.78 Å². The van der Waals surface area contributed by atoms with Crippen LogP contribution >= 0.6 is 0 Å². The number of nitrogens with one attached hydrogen (secondary N) is 1. The van der Waals surface area contributed by atoms with E-state index in [1.165, 1.54) is 11.0 Å². The van der Waals surface area contributed by atoms with Crippen LogP contribution in [0.5, 0.6) is 0 Å². The molecule has 32 heavy (non-hydrogen) atoms. The first-order valence-corrected chi connectivity index (χ1v) is 10.3. The van der Waals surface area contributed by atoms with Crippen molar-refractivity contribution in [1.82, 2.24) is 0 Å². The van der Waals surface area contributed by atoms with Gasteiger partial charge in [0.25, 0.3) is 0 Å². The molecule has 0 saturated heterocycles. The molecule has 0 unspecified atom stereocenters. The van der Waals surface area contributed by atoms with Crippen molar-refractivity contribution in [3.05, 3.63) is 82.6 Å². The fraction of sp³-hybridized carbons (Fsp3) is 0.240. The molecule has 0 saturated carbocycles. The summed E-state index contributed by atoms with van der Waals surface area (Å²) in [6.07, 6.45) is 0.589. The summed E-state index contributed by atoms with van der Waals surface area (Å²) in [6, 6.07) is 15.2. The number of Topliss-reactive ketones (excluding diaryl/α,β-unsaturated/α-hetero) is 1. The van der Waals surface area contributed by atoms with E-state index >= 15 is 0 Å². The normalized spacial score (nSPS) is 23.8. The molecule has 0 aromatic heterocycles. The lowest BCUT2D eigenvalue weighted by Gasteiger charge is -2.46. The molecule has 2 aromatic rings. The van der Waals surface area contributed by atoms with Gasteiger partial charge in [-0.25, -0.2) is 4.39 Å². The van der Waals surface area contributed by atoms with Gasteiger partial charge in [-0.15, -0.1) is 0 Å². The number of halogens is 1. The van der Waals surface area contributed by atoms with Crippen molar-refractivity contribution in [2.75, 3.05) is 10.2 Å². The number of nitrogens with zero attached hydrogens (tertiary/aromatic N) is 2. The lowest BCUT2D eigenvalue weighted by atomic mass is 9.61. The minimum Gasteiger partial charge on any atom is -0.384 e. The van der Waals surface area contributed by atoms with Gasteiger partial charge < -0.3 is 11.1 Å². The number of nitriles is 1. The fourth-order valence-corrected chi connectivity index (χ4v) is 5.28. The highest BCUT2D eigenvalue weighted by atomic mass is 19.1. The average molecular weight is 428 g/mol. The second-order valence-corrected chi connectivity index (χ2v) is 9.17. The molecule has 0 radical (unpaired) electrons. The van der Waals surface area contributed by atoms with Crippen LogP contribution in [0.3, 0.4) is 0 Å². The zero-order chi connectivity index (χ0) is 22.8. The number of allylic oxidation sites excluding steroid dienone is 1. The Morgan fingerprint density at radius 3 is 2.50 bits per heavy atom. The van der Waals surface area contributed by atoms with Crippen molar-refractivity contribution in [1.29, 1.82) is 5.26 Å². The second-order valence-electron chi connectivity index (χ2n) is 9.17. The number of anilines is 2. The van der Waals surface area contributed by atoms with Crippen LogP contribution in [0.1, 0.15) is 32.3 Å². The van der Waals surface area contributed by atoms with E-state index in [2.05, 4.69) is 11.4 Å². The first-order valence-electron chi connectivity index (χ1n) is 10.3. The van der Waals surface area contributed by atoms with Gasteiger partial charge in [-0.05, 0) is 30.0 Å². The number of amides is 1. The van der Waals surface area contributed by atoms with Gasteiger partial charge in [0.05, 0.1) is 11.3 Å². The highest BCUT2D eigenvalue weighted by Gasteiger charge is 2.61. The quantitative estimate of drug-likeness (QED) is 0.718. The summed E-state index contributed by atoms with van der Waals surface area (Å²) in [5.41, 5.74) is 6.22. The van der Waals surface area contributed by atoms with Crippen molar-refractivity contribution in [3.63, 3.8) is 0 Å². The van der Waals surface area contributed by atoms with Crippen LogP contribution in [-0.4, -0.2) is 11.7 Å². The molecule has 3 aliphatic rings. The van der Waals surface area contributed by atoms with E-state index < -0.39 is 22.6 Å². The van der Waals surface area contributed by atoms with Crippen LogP contribution in [0, 0.1) is 22.6 Å². The third-order valence-corrected chi connectivity index (χ3v) is 6.49. The van der Waals surface area contributed by atoms with E-state index in [4.69, 9.17) is 5.73 Å². The van der Waals surface area contributed by atoms with Crippen LogP contribution in [0.4, 0.5) is 15.8 Å². The van der Waals surface area contributed by atoms with Gasteiger partial charge in [-0.2, -0.15) is 5.26 Å². The summed E-state index contributed by atoms with van der Waals surface area (Å²) in [5.74, 6) is -1.33. The standard InChI is InChI=1S/C25H21FN4O2/c1-24(2)11-19-21(20(31)12-24)25(14-7-3-5-9-17(14)29-23(25)32)15(13-27)22(28)30(19)18-10-6-4-8-16(18)26/h3-10H,11-12,28H2,1-2H3,(H,29,32)/t25-/m1/s1. The van der Waals surface area contributed by atoms with Crippen molar-refractivity contribution < 1.29 is 14.0 Å². The predicted molar refractivity (Wildman–Crippen MR) is 118 cm³/mol. The number of fused-ring (bicyclic) bond motifs is 3. The van der Waals surface area contributed by atoms with E-state index in [-0.39, 0.29) is 34.9 Å². The van der Waals surface area contributed by atoms with Crippen molar-refractivity contribution in [3.8, 4) is 6.07 Å². The Labute approximate surface area is 184 Å². The number of ketones is 1. The summed E-state index contributed by atoms with van der Waals surface area (Å²) in [4.78, 5) is 28.7. The van der Waals surface area contributed by atoms with Crippen LogP contribution in [-0.2, 0) is 15.0 Å².